The summed E-state index contributed by atoms with van der Waals surface area (Å²) >= 11 is 3.42. The first-order valence-corrected chi connectivity index (χ1v) is 6.39. The van der Waals surface area contributed by atoms with Gasteiger partial charge in [0.05, 0.1) is 12.1 Å². The fourth-order valence-electron chi connectivity index (χ4n) is 1.71. The summed E-state index contributed by atoms with van der Waals surface area (Å²) in [5.41, 5.74) is 1.99. The lowest BCUT2D eigenvalue weighted by Gasteiger charge is -2.24. The SMILES string of the molecule is CNC(C)c1ccc(Br)cc1N(CC#N)CC#N. The van der Waals surface area contributed by atoms with E-state index in [2.05, 4.69) is 33.4 Å². The third-order valence-corrected chi connectivity index (χ3v) is 3.25. The van der Waals surface area contributed by atoms with Crippen LogP contribution < -0.4 is 10.2 Å². The molecule has 0 saturated heterocycles. The van der Waals surface area contributed by atoms with Crippen LogP contribution >= 0.6 is 15.9 Å². The van der Waals surface area contributed by atoms with Gasteiger partial charge in [-0.15, -0.1) is 0 Å². The Kier molecular flexibility index (Phi) is 5.64. The maximum absolute atomic E-state index is 8.85. The zero-order chi connectivity index (χ0) is 13.5. The molecule has 1 aromatic rings. The van der Waals surface area contributed by atoms with E-state index in [1.54, 1.807) is 4.90 Å². The van der Waals surface area contributed by atoms with Gasteiger partial charge in [-0.1, -0.05) is 22.0 Å². The van der Waals surface area contributed by atoms with Crippen LogP contribution in [0.5, 0.6) is 0 Å². The fraction of sp³-hybridized carbons (Fsp3) is 0.385. The Morgan fingerprint density at radius 1 is 1.33 bits per heavy atom. The molecule has 1 rings (SSSR count). The van der Waals surface area contributed by atoms with Crippen molar-refractivity contribution in [3.63, 3.8) is 0 Å². The monoisotopic (exact) mass is 306 g/mol. The second-order valence-electron chi connectivity index (χ2n) is 3.89. The molecule has 0 aliphatic heterocycles. The van der Waals surface area contributed by atoms with E-state index in [1.165, 1.54) is 0 Å². The Balaban J connectivity index is 3.22. The van der Waals surface area contributed by atoms with Gasteiger partial charge in [-0.2, -0.15) is 10.5 Å². The summed E-state index contributed by atoms with van der Waals surface area (Å²) in [4.78, 5) is 1.77. The van der Waals surface area contributed by atoms with Crippen molar-refractivity contribution in [1.82, 2.24) is 5.32 Å². The van der Waals surface area contributed by atoms with Crippen molar-refractivity contribution in [2.75, 3.05) is 25.0 Å². The lowest BCUT2D eigenvalue weighted by molar-refractivity contribution is 0.650. The van der Waals surface area contributed by atoms with Crippen molar-refractivity contribution >= 4 is 21.6 Å². The molecule has 94 valence electrons. The van der Waals surface area contributed by atoms with E-state index < -0.39 is 0 Å². The molecular weight excluding hydrogens is 292 g/mol. The number of halogens is 1. The van der Waals surface area contributed by atoms with Gasteiger partial charge in [0.15, 0.2) is 0 Å². The van der Waals surface area contributed by atoms with Gasteiger partial charge in [0.25, 0.3) is 0 Å². The number of hydrogen-bond acceptors (Lipinski definition) is 4. The molecule has 1 aromatic carbocycles. The van der Waals surface area contributed by atoms with Crippen LogP contribution in [0.4, 0.5) is 5.69 Å². The minimum Gasteiger partial charge on any atom is -0.345 e. The number of rotatable bonds is 5. The van der Waals surface area contributed by atoms with E-state index in [4.69, 9.17) is 10.5 Å². The molecule has 0 bridgehead atoms. The molecule has 0 aliphatic rings. The first kappa shape index (κ1) is 14.5. The topological polar surface area (TPSA) is 62.9 Å². The first-order chi connectivity index (χ1) is 8.63. The van der Waals surface area contributed by atoms with Crippen molar-refractivity contribution < 1.29 is 0 Å². The Labute approximate surface area is 116 Å². The first-order valence-electron chi connectivity index (χ1n) is 5.59. The predicted molar refractivity (Wildman–Crippen MR) is 75.1 cm³/mol. The summed E-state index contributed by atoms with van der Waals surface area (Å²) in [6, 6.07) is 10.3. The molecule has 0 amide bonds. The van der Waals surface area contributed by atoms with Crippen LogP contribution in [0, 0.1) is 22.7 Å². The van der Waals surface area contributed by atoms with Gasteiger partial charge in [0.1, 0.15) is 13.1 Å². The van der Waals surface area contributed by atoms with Crippen LogP contribution in [-0.2, 0) is 0 Å². The Morgan fingerprint density at radius 2 is 1.94 bits per heavy atom. The molecule has 1 N–H and O–H groups in total. The van der Waals surface area contributed by atoms with Gasteiger partial charge < -0.3 is 10.2 Å². The zero-order valence-corrected chi connectivity index (χ0v) is 12.0. The quantitative estimate of drug-likeness (QED) is 0.849. The molecule has 0 heterocycles. The minimum atomic E-state index is 0.160. The van der Waals surface area contributed by atoms with Gasteiger partial charge in [-0.3, -0.25) is 0 Å². The van der Waals surface area contributed by atoms with Crippen LogP contribution in [0.2, 0.25) is 0 Å². The summed E-state index contributed by atoms with van der Waals surface area (Å²) in [5, 5.41) is 20.9. The normalized spacial score (nSPS) is 11.4. The van der Waals surface area contributed by atoms with Crippen LogP contribution in [0.25, 0.3) is 0 Å². The van der Waals surface area contributed by atoms with Crippen molar-refractivity contribution in [3.8, 4) is 12.1 Å². The lowest BCUT2D eigenvalue weighted by Crippen LogP contribution is -2.26. The largest absolute Gasteiger partial charge is 0.345 e. The molecule has 1 unspecified atom stereocenters. The van der Waals surface area contributed by atoms with E-state index in [9.17, 15) is 0 Å². The highest BCUT2D eigenvalue weighted by Gasteiger charge is 2.15. The highest BCUT2D eigenvalue weighted by Crippen LogP contribution is 2.29. The minimum absolute atomic E-state index is 0.160. The van der Waals surface area contributed by atoms with Crippen molar-refractivity contribution in [3.05, 3.63) is 28.2 Å². The molecule has 0 aromatic heterocycles. The van der Waals surface area contributed by atoms with Gasteiger partial charge in [-0.25, -0.2) is 0 Å². The van der Waals surface area contributed by atoms with E-state index in [0.29, 0.717) is 0 Å². The van der Waals surface area contributed by atoms with Gasteiger partial charge in [0, 0.05) is 16.2 Å². The average Bonchev–Trinajstić information content (AvgIpc) is 2.37. The molecule has 0 saturated carbocycles. The summed E-state index contributed by atoms with van der Waals surface area (Å²) in [6.07, 6.45) is 0. The average molecular weight is 307 g/mol. The zero-order valence-electron chi connectivity index (χ0n) is 10.4. The summed E-state index contributed by atoms with van der Waals surface area (Å²) in [5.74, 6) is 0. The van der Waals surface area contributed by atoms with Crippen molar-refractivity contribution in [2.24, 2.45) is 0 Å². The van der Waals surface area contributed by atoms with Crippen LogP contribution in [0.3, 0.4) is 0 Å². The number of nitriles is 2. The van der Waals surface area contributed by atoms with Gasteiger partial charge in [0.2, 0.25) is 0 Å². The second-order valence-corrected chi connectivity index (χ2v) is 4.80. The van der Waals surface area contributed by atoms with Gasteiger partial charge in [-0.05, 0) is 31.7 Å². The van der Waals surface area contributed by atoms with Crippen LogP contribution in [0.15, 0.2) is 22.7 Å². The smallest absolute Gasteiger partial charge is 0.106 e. The molecule has 0 fully saturated rings. The molecule has 0 radical (unpaired) electrons. The number of nitrogens with zero attached hydrogens (tertiary/aromatic N) is 3. The van der Waals surface area contributed by atoms with E-state index in [0.717, 1.165) is 15.7 Å². The Hall–Kier alpha value is -1.56. The van der Waals surface area contributed by atoms with E-state index >= 15 is 0 Å². The molecule has 4 nitrogen and oxygen atoms in total. The number of benzene rings is 1. The standard InChI is InChI=1S/C13H15BrN4/c1-10(17-2)12-4-3-11(14)9-13(12)18(7-5-15)8-6-16/h3-4,9-10,17H,7-8H2,1-2H3. The Morgan fingerprint density at radius 3 is 2.44 bits per heavy atom. The van der Waals surface area contributed by atoms with Gasteiger partial charge >= 0.3 is 0 Å². The van der Waals surface area contributed by atoms with Crippen molar-refractivity contribution in [1.29, 1.82) is 10.5 Å². The highest BCUT2D eigenvalue weighted by atomic mass is 79.9. The predicted octanol–water partition coefficient (Wildman–Crippen LogP) is 2.58. The summed E-state index contributed by atoms with van der Waals surface area (Å²) in [6.45, 7) is 2.45. The summed E-state index contributed by atoms with van der Waals surface area (Å²) in [7, 11) is 1.88. The van der Waals surface area contributed by atoms with Crippen LogP contribution in [0.1, 0.15) is 18.5 Å². The maximum atomic E-state index is 8.85. The number of anilines is 1. The number of hydrogen-bond donors (Lipinski definition) is 1. The molecule has 0 aliphatic carbocycles. The summed E-state index contributed by atoms with van der Waals surface area (Å²) < 4.78 is 0.936. The molecule has 1 atom stereocenters. The van der Waals surface area contributed by atoms with Crippen LogP contribution in [-0.4, -0.2) is 20.1 Å². The van der Waals surface area contributed by atoms with E-state index in [1.807, 2.05) is 32.2 Å². The van der Waals surface area contributed by atoms with E-state index in [-0.39, 0.29) is 19.1 Å². The molecule has 18 heavy (non-hydrogen) atoms. The highest BCUT2D eigenvalue weighted by molar-refractivity contribution is 9.10. The third-order valence-electron chi connectivity index (χ3n) is 2.76. The number of nitrogens with one attached hydrogen (secondary N) is 1. The lowest BCUT2D eigenvalue weighted by atomic mass is 10.1. The third kappa shape index (κ3) is 3.46. The molecular formula is C13H15BrN4. The van der Waals surface area contributed by atoms with Crippen molar-refractivity contribution in [2.45, 2.75) is 13.0 Å². The Bertz CT molecular complexity index is 471. The second kappa shape index (κ2) is 7.00. The molecule has 0 spiro atoms. The fourth-order valence-corrected chi connectivity index (χ4v) is 2.06. The maximum Gasteiger partial charge on any atom is 0.106 e. The molecule has 5 heteroatoms.